The minimum atomic E-state index is -0.508. The minimum absolute atomic E-state index is 0. The smallest absolute Gasteiger partial charge is 0.263 e. The van der Waals surface area contributed by atoms with Crippen molar-refractivity contribution in [3.05, 3.63) is 28.7 Å². The second-order valence-corrected chi connectivity index (χ2v) is 6.59. The molecule has 0 bridgehead atoms. The van der Waals surface area contributed by atoms with Crippen LogP contribution in [0.2, 0.25) is 0 Å². The highest BCUT2D eigenvalue weighted by molar-refractivity contribution is 9.10. The first kappa shape index (κ1) is 21.2. The van der Waals surface area contributed by atoms with Crippen molar-refractivity contribution >= 4 is 34.2 Å². The van der Waals surface area contributed by atoms with Gasteiger partial charge in [-0.05, 0) is 43.5 Å². The molecule has 1 aromatic carbocycles. The van der Waals surface area contributed by atoms with Gasteiger partial charge >= 0.3 is 0 Å². The third-order valence-corrected chi connectivity index (χ3v) is 4.03. The lowest BCUT2D eigenvalue weighted by molar-refractivity contribution is -0.136. The Balaban J connectivity index is 0.00000441. The lowest BCUT2D eigenvalue weighted by Gasteiger charge is -2.24. The molecule has 22 heavy (non-hydrogen) atoms. The Hall–Kier alpha value is -0.780. The van der Waals surface area contributed by atoms with Crippen LogP contribution in [0.1, 0.15) is 27.2 Å². The van der Waals surface area contributed by atoms with E-state index in [1.807, 2.05) is 24.3 Å². The second-order valence-electron chi connectivity index (χ2n) is 5.67. The van der Waals surface area contributed by atoms with Gasteiger partial charge in [0.2, 0.25) is 0 Å². The lowest BCUT2D eigenvalue weighted by Crippen LogP contribution is -2.40. The largest absolute Gasteiger partial charge is 0.481 e. The number of nitrogens with two attached hydrogens (primary N) is 1. The maximum Gasteiger partial charge on any atom is 0.263 e. The van der Waals surface area contributed by atoms with E-state index in [-0.39, 0.29) is 24.4 Å². The predicted octanol–water partition coefficient (Wildman–Crippen LogP) is 3.47. The zero-order chi connectivity index (χ0) is 16.0. The number of amides is 1. The number of benzene rings is 1. The summed E-state index contributed by atoms with van der Waals surface area (Å²) < 4.78 is 6.64. The number of hydrogen-bond donors (Lipinski definition) is 1. The normalized spacial score (nSPS) is 13.2. The van der Waals surface area contributed by atoms with Crippen molar-refractivity contribution in [2.45, 2.75) is 39.3 Å². The topological polar surface area (TPSA) is 55.6 Å². The number of carbonyl (C=O) groups excluding carboxylic acids is 1. The summed E-state index contributed by atoms with van der Waals surface area (Å²) in [5, 5.41) is 0. The molecule has 0 aliphatic rings. The van der Waals surface area contributed by atoms with Crippen LogP contribution in [0, 0.1) is 5.92 Å². The van der Waals surface area contributed by atoms with Gasteiger partial charge in [-0.2, -0.15) is 0 Å². The lowest BCUT2D eigenvalue weighted by atomic mass is 10.0. The summed E-state index contributed by atoms with van der Waals surface area (Å²) in [4.78, 5) is 13.9. The van der Waals surface area contributed by atoms with Crippen LogP contribution >= 0.6 is 28.3 Å². The van der Waals surface area contributed by atoms with Crippen molar-refractivity contribution in [1.82, 2.24) is 4.90 Å². The molecule has 0 fully saturated rings. The van der Waals surface area contributed by atoms with Gasteiger partial charge in [0.1, 0.15) is 5.75 Å². The number of ether oxygens (including phenoxy) is 1. The van der Waals surface area contributed by atoms with E-state index >= 15 is 0 Å². The summed E-state index contributed by atoms with van der Waals surface area (Å²) in [6.07, 6.45) is 0.289. The van der Waals surface area contributed by atoms with Gasteiger partial charge in [-0.1, -0.05) is 29.8 Å². The first-order valence-electron chi connectivity index (χ1n) is 7.24. The van der Waals surface area contributed by atoms with Gasteiger partial charge < -0.3 is 15.4 Å². The monoisotopic (exact) mass is 392 g/mol. The Morgan fingerprint density at radius 3 is 2.32 bits per heavy atom. The van der Waals surface area contributed by atoms with Gasteiger partial charge in [-0.15, -0.1) is 12.4 Å². The molecule has 0 radical (unpaired) electrons. The molecule has 2 unspecified atom stereocenters. The molecule has 4 nitrogen and oxygen atoms in total. The van der Waals surface area contributed by atoms with Gasteiger partial charge in [0, 0.05) is 24.1 Å². The molecular formula is C16H26BrClN2O2. The third-order valence-electron chi connectivity index (χ3n) is 3.50. The fraction of sp³-hybridized carbons (Fsp3) is 0.562. The number of carbonyl (C=O) groups is 1. The maximum atomic E-state index is 12.2. The molecule has 0 saturated carbocycles. The molecule has 0 heterocycles. The summed E-state index contributed by atoms with van der Waals surface area (Å²) in [7, 11) is 1.79. The van der Waals surface area contributed by atoms with Crippen LogP contribution < -0.4 is 10.5 Å². The highest BCUT2D eigenvalue weighted by atomic mass is 79.9. The summed E-state index contributed by atoms with van der Waals surface area (Å²) in [6.45, 7) is 6.59. The van der Waals surface area contributed by atoms with E-state index in [0.717, 1.165) is 10.9 Å². The number of rotatable bonds is 7. The summed E-state index contributed by atoms with van der Waals surface area (Å²) in [5.41, 5.74) is 6.01. The molecule has 126 valence electrons. The molecule has 0 aliphatic heterocycles. The molecule has 1 rings (SSSR count). The van der Waals surface area contributed by atoms with E-state index in [1.165, 1.54) is 0 Å². The second kappa shape index (κ2) is 10.1. The van der Waals surface area contributed by atoms with E-state index in [2.05, 4.69) is 29.8 Å². The third kappa shape index (κ3) is 6.99. The molecule has 0 saturated heterocycles. The van der Waals surface area contributed by atoms with Crippen LogP contribution in [0.15, 0.2) is 28.7 Å². The number of halogens is 2. The molecule has 1 aromatic rings. The average Bonchev–Trinajstić information content (AvgIpc) is 2.45. The highest BCUT2D eigenvalue weighted by Gasteiger charge is 2.20. The Morgan fingerprint density at radius 1 is 1.27 bits per heavy atom. The van der Waals surface area contributed by atoms with E-state index in [9.17, 15) is 4.79 Å². The molecule has 2 N–H and O–H groups in total. The Labute approximate surface area is 147 Å². The standard InChI is InChI=1S/C16H25BrN2O2.ClH/c1-11(2)15(18)9-10-19(4)16(20)12(3)21-14-7-5-13(17)6-8-14;/h5-8,11-12,15H,9-10,18H2,1-4H3;1H. The Kier molecular flexibility index (Phi) is 9.72. The van der Waals surface area contributed by atoms with Crippen LogP contribution in [-0.4, -0.2) is 36.5 Å². The van der Waals surface area contributed by atoms with Crippen LogP contribution in [0.4, 0.5) is 0 Å². The molecule has 0 aliphatic carbocycles. The van der Waals surface area contributed by atoms with Crippen molar-refractivity contribution in [1.29, 1.82) is 0 Å². The minimum Gasteiger partial charge on any atom is -0.481 e. The number of hydrogen-bond acceptors (Lipinski definition) is 3. The van der Waals surface area contributed by atoms with Crippen molar-refractivity contribution in [2.24, 2.45) is 11.7 Å². The summed E-state index contributed by atoms with van der Waals surface area (Å²) >= 11 is 3.37. The molecule has 1 amide bonds. The van der Waals surface area contributed by atoms with Gasteiger partial charge in [0.25, 0.3) is 5.91 Å². The predicted molar refractivity (Wildman–Crippen MR) is 96.5 cm³/mol. The van der Waals surface area contributed by atoms with Crippen LogP contribution in [0.3, 0.4) is 0 Å². The van der Waals surface area contributed by atoms with Gasteiger partial charge in [-0.25, -0.2) is 0 Å². The Morgan fingerprint density at radius 2 is 1.82 bits per heavy atom. The van der Waals surface area contributed by atoms with Crippen molar-refractivity contribution in [3.8, 4) is 5.75 Å². The van der Waals surface area contributed by atoms with Crippen LogP contribution in [0.25, 0.3) is 0 Å². The molecule has 2 atom stereocenters. The average molecular weight is 394 g/mol. The summed E-state index contributed by atoms with van der Waals surface area (Å²) in [5.74, 6) is 1.07. The van der Waals surface area contributed by atoms with Crippen LogP contribution in [-0.2, 0) is 4.79 Å². The van der Waals surface area contributed by atoms with Gasteiger partial charge in [-0.3, -0.25) is 4.79 Å². The fourth-order valence-electron chi connectivity index (χ4n) is 1.86. The zero-order valence-electron chi connectivity index (χ0n) is 13.6. The van der Waals surface area contributed by atoms with E-state index in [1.54, 1.807) is 18.9 Å². The maximum absolute atomic E-state index is 12.2. The zero-order valence-corrected chi connectivity index (χ0v) is 16.0. The van der Waals surface area contributed by atoms with Crippen LogP contribution in [0.5, 0.6) is 5.75 Å². The molecule has 6 heteroatoms. The van der Waals surface area contributed by atoms with E-state index in [4.69, 9.17) is 10.5 Å². The van der Waals surface area contributed by atoms with E-state index < -0.39 is 6.10 Å². The van der Waals surface area contributed by atoms with Gasteiger partial charge in [0.15, 0.2) is 6.10 Å². The first-order chi connectivity index (χ1) is 9.81. The van der Waals surface area contributed by atoms with E-state index in [0.29, 0.717) is 18.2 Å². The quantitative estimate of drug-likeness (QED) is 0.771. The SMILES string of the molecule is CC(Oc1ccc(Br)cc1)C(=O)N(C)CCC(N)C(C)C.Cl. The molecular weight excluding hydrogens is 368 g/mol. The highest BCUT2D eigenvalue weighted by Crippen LogP contribution is 2.17. The van der Waals surface area contributed by atoms with Crippen molar-refractivity contribution < 1.29 is 9.53 Å². The number of nitrogens with zero attached hydrogens (tertiary/aromatic N) is 1. The van der Waals surface area contributed by atoms with Gasteiger partial charge in [0.05, 0.1) is 0 Å². The Bertz CT molecular complexity index is 454. The molecule has 0 aromatic heterocycles. The first-order valence-corrected chi connectivity index (χ1v) is 8.03. The fourth-order valence-corrected chi connectivity index (χ4v) is 2.13. The number of likely N-dealkylation sites (N-methyl/N-ethyl adjacent to an activating group) is 1. The van der Waals surface area contributed by atoms with Crippen molar-refractivity contribution in [2.75, 3.05) is 13.6 Å². The summed E-state index contributed by atoms with van der Waals surface area (Å²) in [6, 6.07) is 7.56. The van der Waals surface area contributed by atoms with Crippen molar-refractivity contribution in [3.63, 3.8) is 0 Å². The molecule has 0 spiro atoms.